The minimum Gasteiger partial charge on any atom is -0.396 e. The van der Waals surface area contributed by atoms with Crippen LogP contribution in [0.4, 0.5) is 5.95 Å². The Morgan fingerprint density at radius 2 is 2.32 bits per heavy atom. The number of nitrogen functional groups attached to an aromatic ring is 1. The first-order valence-corrected chi connectivity index (χ1v) is 6.61. The summed E-state index contributed by atoms with van der Waals surface area (Å²) in [6.07, 6.45) is 4.04. The van der Waals surface area contributed by atoms with Crippen molar-refractivity contribution in [2.24, 2.45) is 5.84 Å². The molecule has 0 radical (unpaired) electrons. The molecule has 0 fully saturated rings. The number of anilines is 1. The lowest BCUT2D eigenvalue weighted by Gasteiger charge is -2.10. The van der Waals surface area contributed by atoms with E-state index >= 15 is 0 Å². The molecule has 0 aromatic carbocycles. The Bertz CT molecular complexity index is 519. The Hall–Kier alpha value is -1.71. The lowest BCUT2D eigenvalue weighted by atomic mass is 10.4. The van der Waals surface area contributed by atoms with Gasteiger partial charge in [0.15, 0.2) is 5.16 Å². The highest BCUT2D eigenvalue weighted by Gasteiger charge is 2.11. The zero-order valence-electron chi connectivity index (χ0n) is 10.4. The highest BCUT2D eigenvalue weighted by atomic mass is 32.2. The van der Waals surface area contributed by atoms with Crippen LogP contribution in [0.1, 0.15) is 13.3 Å². The van der Waals surface area contributed by atoms with E-state index < -0.39 is 0 Å². The fourth-order valence-corrected chi connectivity index (χ4v) is 2.23. The zero-order valence-corrected chi connectivity index (χ0v) is 11.2. The van der Waals surface area contributed by atoms with E-state index in [0.29, 0.717) is 17.5 Å². The third-order valence-electron chi connectivity index (χ3n) is 2.28. The van der Waals surface area contributed by atoms with Gasteiger partial charge in [0.05, 0.1) is 0 Å². The highest BCUT2D eigenvalue weighted by Crippen LogP contribution is 2.22. The summed E-state index contributed by atoms with van der Waals surface area (Å²) in [5.74, 6) is 6.02. The number of hydrazine groups is 1. The second kappa shape index (κ2) is 6.45. The van der Waals surface area contributed by atoms with Crippen molar-refractivity contribution in [3.8, 4) is 5.95 Å². The minimum absolute atomic E-state index is 0.132. The van der Waals surface area contributed by atoms with Crippen molar-refractivity contribution in [2.75, 3.05) is 12.0 Å². The molecular formula is C10H15N7OS. The van der Waals surface area contributed by atoms with Gasteiger partial charge in [-0.1, -0.05) is 18.7 Å². The van der Waals surface area contributed by atoms with Gasteiger partial charge in [-0.2, -0.15) is 20.1 Å². The van der Waals surface area contributed by atoms with E-state index in [2.05, 4.69) is 25.5 Å². The molecule has 0 spiro atoms. The smallest absolute Gasteiger partial charge is 0.256 e. The summed E-state index contributed by atoms with van der Waals surface area (Å²) >= 11 is 1.45. The first-order chi connectivity index (χ1) is 9.22. The van der Waals surface area contributed by atoms with E-state index in [9.17, 15) is 0 Å². The summed E-state index contributed by atoms with van der Waals surface area (Å²) in [6, 6.07) is 1.78. The van der Waals surface area contributed by atoms with Crippen molar-refractivity contribution < 1.29 is 5.11 Å². The van der Waals surface area contributed by atoms with Crippen LogP contribution in [-0.2, 0) is 0 Å². The first-order valence-electron chi connectivity index (χ1n) is 5.73. The van der Waals surface area contributed by atoms with Crippen LogP contribution >= 0.6 is 11.8 Å². The maximum Gasteiger partial charge on any atom is 0.256 e. The van der Waals surface area contributed by atoms with Crippen LogP contribution in [0.15, 0.2) is 23.6 Å². The van der Waals surface area contributed by atoms with Crippen LogP contribution in [0.25, 0.3) is 5.95 Å². The molecule has 2 rings (SSSR count). The number of hydrogen-bond acceptors (Lipinski definition) is 8. The Morgan fingerprint density at radius 3 is 2.95 bits per heavy atom. The average Bonchev–Trinajstić information content (AvgIpc) is 2.92. The molecule has 0 aliphatic rings. The maximum absolute atomic E-state index is 8.91. The van der Waals surface area contributed by atoms with Gasteiger partial charge in [0.2, 0.25) is 5.95 Å². The SMILES string of the molecule is CC(CCO)Sc1nc(NN)nc(-n2cccn2)n1. The van der Waals surface area contributed by atoms with Gasteiger partial charge in [-0.25, -0.2) is 10.5 Å². The number of thioether (sulfide) groups is 1. The average molecular weight is 281 g/mol. The molecule has 9 heteroatoms. The van der Waals surface area contributed by atoms with Crippen molar-refractivity contribution in [3.05, 3.63) is 18.5 Å². The van der Waals surface area contributed by atoms with Crippen LogP contribution < -0.4 is 11.3 Å². The third-order valence-corrected chi connectivity index (χ3v) is 3.32. The van der Waals surface area contributed by atoms with Crippen molar-refractivity contribution in [2.45, 2.75) is 23.8 Å². The van der Waals surface area contributed by atoms with Crippen molar-refractivity contribution in [1.82, 2.24) is 24.7 Å². The Labute approximate surface area is 114 Å². The summed E-state index contributed by atoms with van der Waals surface area (Å²) in [7, 11) is 0. The number of nitrogens with one attached hydrogen (secondary N) is 1. The standard InChI is InChI=1S/C10H15N7OS/c1-7(3-6-18)19-10-14-8(16-11)13-9(15-10)17-5-2-4-12-17/h2,4-5,7,18H,3,6,11H2,1H3,(H,13,14,15,16). The van der Waals surface area contributed by atoms with E-state index in [1.54, 1.807) is 18.5 Å². The molecule has 2 aromatic heterocycles. The molecule has 0 amide bonds. The largest absolute Gasteiger partial charge is 0.396 e. The van der Waals surface area contributed by atoms with Gasteiger partial charge in [0.25, 0.3) is 5.95 Å². The van der Waals surface area contributed by atoms with Crippen LogP contribution in [0.2, 0.25) is 0 Å². The van der Waals surface area contributed by atoms with Gasteiger partial charge in [-0.3, -0.25) is 5.43 Å². The minimum atomic E-state index is 0.132. The van der Waals surface area contributed by atoms with E-state index in [-0.39, 0.29) is 17.8 Å². The number of rotatable bonds is 6. The summed E-state index contributed by atoms with van der Waals surface area (Å²) in [6.45, 7) is 2.13. The monoisotopic (exact) mass is 281 g/mol. The predicted octanol–water partition coefficient (Wildman–Crippen LogP) is 0.206. The first kappa shape index (κ1) is 13.7. The molecule has 2 aromatic rings. The van der Waals surface area contributed by atoms with Crippen LogP contribution in [0.5, 0.6) is 0 Å². The molecule has 8 nitrogen and oxygen atoms in total. The molecule has 0 aliphatic carbocycles. The Morgan fingerprint density at radius 1 is 1.47 bits per heavy atom. The van der Waals surface area contributed by atoms with Crippen molar-refractivity contribution in [1.29, 1.82) is 0 Å². The lowest BCUT2D eigenvalue weighted by molar-refractivity contribution is 0.289. The summed E-state index contributed by atoms with van der Waals surface area (Å²) in [5.41, 5.74) is 2.41. The van der Waals surface area contributed by atoms with Crippen molar-refractivity contribution >= 4 is 17.7 Å². The number of nitrogens with zero attached hydrogens (tertiary/aromatic N) is 5. The second-order valence-electron chi connectivity index (χ2n) is 3.78. The number of nitrogens with two attached hydrogens (primary N) is 1. The number of hydrogen-bond donors (Lipinski definition) is 3. The molecule has 1 unspecified atom stereocenters. The quantitative estimate of drug-likeness (QED) is 0.391. The molecule has 0 aliphatic heterocycles. The van der Waals surface area contributed by atoms with E-state index in [1.165, 1.54) is 16.4 Å². The fraction of sp³-hybridized carbons (Fsp3) is 0.400. The summed E-state index contributed by atoms with van der Waals surface area (Å²) in [5, 5.41) is 13.7. The number of aliphatic hydroxyl groups is 1. The summed E-state index contributed by atoms with van der Waals surface area (Å²) < 4.78 is 1.53. The lowest BCUT2D eigenvalue weighted by Crippen LogP contribution is -2.15. The second-order valence-corrected chi connectivity index (χ2v) is 5.18. The number of aliphatic hydroxyl groups excluding tert-OH is 1. The zero-order chi connectivity index (χ0) is 13.7. The Balaban J connectivity index is 2.26. The summed E-state index contributed by atoms with van der Waals surface area (Å²) in [4.78, 5) is 12.6. The van der Waals surface area contributed by atoms with Gasteiger partial charge in [-0.15, -0.1) is 0 Å². The van der Waals surface area contributed by atoms with Crippen LogP contribution in [-0.4, -0.2) is 41.7 Å². The molecule has 1 atom stereocenters. The van der Waals surface area contributed by atoms with Gasteiger partial charge in [0.1, 0.15) is 0 Å². The molecule has 2 heterocycles. The molecule has 4 N–H and O–H groups in total. The van der Waals surface area contributed by atoms with E-state index in [1.807, 2.05) is 6.92 Å². The van der Waals surface area contributed by atoms with Crippen molar-refractivity contribution in [3.63, 3.8) is 0 Å². The molecular weight excluding hydrogens is 266 g/mol. The maximum atomic E-state index is 8.91. The normalized spacial score (nSPS) is 12.4. The van der Waals surface area contributed by atoms with Crippen LogP contribution in [0, 0.1) is 0 Å². The molecule has 19 heavy (non-hydrogen) atoms. The molecule has 0 bridgehead atoms. The van der Waals surface area contributed by atoms with E-state index in [0.717, 1.165) is 0 Å². The van der Waals surface area contributed by atoms with Gasteiger partial charge in [-0.05, 0) is 12.5 Å². The van der Waals surface area contributed by atoms with Gasteiger partial charge in [0, 0.05) is 24.3 Å². The number of aromatic nitrogens is 5. The third kappa shape index (κ3) is 3.63. The van der Waals surface area contributed by atoms with Crippen LogP contribution in [0.3, 0.4) is 0 Å². The predicted molar refractivity (Wildman–Crippen MR) is 71.8 cm³/mol. The van der Waals surface area contributed by atoms with E-state index in [4.69, 9.17) is 10.9 Å². The molecule has 0 saturated heterocycles. The van der Waals surface area contributed by atoms with Gasteiger partial charge < -0.3 is 5.11 Å². The van der Waals surface area contributed by atoms with Gasteiger partial charge >= 0.3 is 0 Å². The fourth-order valence-electron chi connectivity index (χ4n) is 1.37. The Kier molecular flexibility index (Phi) is 4.66. The topological polar surface area (TPSA) is 115 Å². The molecule has 102 valence electrons. The highest BCUT2D eigenvalue weighted by molar-refractivity contribution is 7.99. The molecule has 0 saturated carbocycles.